The van der Waals surface area contributed by atoms with Gasteiger partial charge in [-0.25, -0.2) is 0 Å². The highest BCUT2D eigenvalue weighted by atomic mass is 32.2. The van der Waals surface area contributed by atoms with Crippen molar-refractivity contribution in [2.75, 3.05) is 5.75 Å². The van der Waals surface area contributed by atoms with Crippen LogP contribution in [-0.4, -0.2) is 22.2 Å². The van der Waals surface area contributed by atoms with E-state index in [9.17, 15) is 5.11 Å². The second-order valence-electron chi connectivity index (χ2n) is 5.59. The highest BCUT2D eigenvalue weighted by Gasteiger charge is 2.11. The number of rotatable bonds is 11. The van der Waals surface area contributed by atoms with Crippen molar-refractivity contribution in [2.24, 2.45) is 0 Å². The van der Waals surface area contributed by atoms with Crippen LogP contribution < -0.4 is 0 Å². The van der Waals surface area contributed by atoms with E-state index in [1.54, 1.807) is 0 Å². The summed E-state index contributed by atoms with van der Waals surface area (Å²) in [5, 5.41) is 10.1. The summed E-state index contributed by atoms with van der Waals surface area (Å²) in [5.74, 6) is 1.10. The molecular formula is C19H30OS. The molecule has 0 aliphatic carbocycles. The number of thioether (sulfide) groups is 1. The average molecular weight is 307 g/mol. The molecule has 0 aliphatic rings. The van der Waals surface area contributed by atoms with Crippen molar-refractivity contribution in [3.05, 3.63) is 48.0 Å². The summed E-state index contributed by atoms with van der Waals surface area (Å²) >= 11 is 1.88. The zero-order chi connectivity index (χ0) is 15.3. The highest BCUT2D eigenvalue weighted by molar-refractivity contribution is 8.00. The maximum Gasteiger partial charge on any atom is 0.0665 e. The second kappa shape index (κ2) is 11.9. The zero-order valence-electron chi connectivity index (χ0n) is 13.5. The van der Waals surface area contributed by atoms with E-state index in [4.69, 9.17) is 0 Å². The molecule has 1 nitrogen and oxygen atoms in total. The first kappa shape index (κ1) is 18.3. The van der Waals surface area contributed by atoms with Crippen LogP contribution >= 0.6 is 11.8 Å². The number of hydrogen-bond acceptors (Lipinski definition) is 2. The van der Waals surface area contributed by atoms with Gasteiger partial charge < -0.3 is 5.11 Å². The van der Waals surface area contributed by atoms with Crippen LogP contribution in [0.5, 0.6) is 0 Å². The number of benzene rings is 1. The first-order valence-corrected chi connectivity index (χ1v) is 9.29. The molecule has 0 fully saturated rings. The summed E-state index contributed by atoms with van der Waals surface area (Å²) in [5.41, 5.74) is 1.40. The minimum Gasteiger partial charge on any atom is -0.392 e. The Bertz CT molecular complexity index is 372. The smallest absolute Gasteiger partial charge is 0.0665 e. The first-order valence-electron chi connectivity index (χ1n) is 8.24. The maximum absolute atomic E-state index is 9.86. The number of allylic oxidation sites excluding steroid dienone is 1. The van der Waals surface area contributed by atoms with Crippen molar-refractivity contribution in [3.63, 3.8) is 0 Å². The number of unbranched alkanes of at least 4 members (excludes halogenated alkanes) is 3. The molecule has 0 aliphatic heterocycles. The summed E-state index contributed by atoms with van der Waals surface area (Å²) in [4.78, 5) is 0. The number of hydrogen-bond donors (Lipinski definition) is 1. The lowest BCUT2D eigenvalue weighted by Gasteiger charge is -2.15. The molecule has 21 heavy (non-hydrogen) atoms. The number of aliphatic hydroxyl groups is 1. The molecule has 2 atom stereocenters. The Morgan fingerprint density at radius 1 is 1.14 bits per heavy atom. The van der Waals surface area contributed by atoms with Gasteiger partial charge in [0.05, 0.1) is 6.10 Å². The van der Waals surface area contributed by atoms with Crippen molar-refractivity contribution in [1.29, 1.82) is 0 Å². The Balaban J connectivity index is 2.21. The van der Waals surface area contributed by atoms with E-state index < -0.39 is 0 Å². The van der Waals surface area contributed by atoms with Crippen molar-refractivity contribution in [1.82, 2.24) is 0 Å². The van der Waals surface area contributed by atoms with E-state index in [1.165, 1.54) is 31.2 Å². The molecule has 0 spiro atoms. The van der Waals surface area contributed by atoms with E-state index >= 15 is 0 Å². The third kappa shape index (κ3) is 9.00. The molecule has 118 valence electrons. The predicted octanol–water partition coefficient (Wildman–Crippen LogP) is 5.24. The zero-order valence-corrected chi connectivity index (χ0v) is 14.3. The fraction of sp³-hybridized carbons (Fsp3) is 0.579. The van der Waals surface area contributed by atoms with Crippen molar-refractivity contribution in [3.8, 4) is 0 Å². The van der Waals surface area contributed by atoms with Gasteiger partial charge in [-0.2, -0.15) is 11.8 Å². The monoisotopic (exact) mass is 306 g/mol. The average Bonchev–Trinajstić information content (AvgIpc) is 2.50. The molecule has 1 N–H and O–H groups in total. The van der Waals surface area contributed by atoms with Crippen LogP contribution in [0.4, 0.5) is 0 Å². The SMILES string of the molecule is CCCCC/C=C\[C@H](SCCCc1ccccc1)[C@H](C)O. The normalized spacial score (nSPS) is 14.4. The summed E-state index contributed by atoms with van der Waals surface area (Å²) in [6.45, 7) is 4.12. The Labute approximate surface area is 134 Å². The summed E-state index contributed by atoms with van der Waals surface area (Å²) in [6, 6.07) is 10.6. The summed E-state index contributed by atoms with van der Waals surface area (Å²) < 4.78 is 0. The van der Waals surface area contributed by atoms with Crippen molar-refractivity contribution < 1.29 is 5.11 Å². The molecule has 0 radical (unpaired) electrons. The molecule has 1 aromatic carbocycles. The Morgan fingerprint density at radius 2 is 1.90 bits per heavy atom. The molecule has 0 amide bonds. The van der Waals surface area contributed by atoms with Gasteiger partial charge in [0.25, 0.3) is 0 Å². The molecule has 0 bridgehead atoms. The fourth-order valence-electron chi connectivity index (χ4n) is 2.24. The lowest BCUT2D eigenvalue weighted by Crippen LogP contribution is -2.17. The van der Waals surface area contributed by atoms with Crippen molar-refractivity contribution >= 4 is 11.8 Å². The molecule has 2 heteroatoms. The van der Waals surface area contributed by atoms with E-state index in [0.717, 1.165) is 18.6 Å². The van der Waals surface area contributed by atoms with Gasteiger partial charge in [0.1, 0.15) is 0 Å². The molecule has 0 saturated heterocycles. The molecule has 1 rings (SSSR count). The molecule has 0 unspecified atom stereocenters. The molecule has 0 heterocycles. The molecule has 0 saturated carbocycles. The lowest BCUT2D eigenvalue weighted by molar-refractivity contribution is 0.203. The van der Waals surface area contributed by atoms with Gasteiger partial charge in [-0.3, -0.25) is 0 Å². The van der Waals surface area contributed by atoms with Crippen LogP contribution in [0.1, 0.15) is 51.5 Å². The Kier molecular flexibility index (Phi) is 10.4. The summed E-state index contributed by atoms with van der Waals surface area (Å²) in [7, 11) is 0. The maximum atomic E-state index is 9.86. The first-order chi connectivity index (χ1) is 10.2. The topological polar surface area (TPSA) is 20.2 Å². The Morgan fingerprint density at radius 3 is 2.57 bits per heavy atom. The van der Waals surface area contributed by atoms with E-state index in [-0.39, 0.29) is 11.4 Å². The van der Waals surface area contributed by atoms with Gasteiger partial charge in [0.2, 0.25) is 0 Å². The minimum absolute atomic E-state index is 0.238. The van der Waals surface area contributed by atoms with Gasteiger partial charge in [-0.1, -0.05) is 62.2 Å². The standard InChI is InChI=1S/C19H30OS/c1-3-4-5-6-10-15-19(17(2)20)21-16-11-14-18-12-8-7-9-13-18/h7-10,12-13,15,17,19-20H,3-6,11,14,16H2,1-2H3/b15-10-/t17-,19-/m0/s1. The van der Waals surface area contributed by atoms with Crippen LogP contribution in [0.2, 0.25) is 0 Å². The third-order valence-corrected chi connectivity index (χ3v) is 5.00. The third-order valence-electron chi connectivity index (χ3n) is 3.54. The van der Waals surface area contributed by atoms with E-state index in [2.05, 4.69) is 49.4 Å². The van der Waals surface area contributed by atoms with E-state index in [1.807, 2.05) is 18.7 Å². The lowest BCUT2D eigenvalue weighted by atomic mass is 10.1. The van der Waals surface area contributed by atoms with Gasteiger partial charge >= 0.3 is 0 Å². The van der Waals surface area contributed by atoms with Gasteiger partial charge in [0, 0.05) is 5.25 Å². The predicted molar refractivity (Wildman–Crippen MR) is 96.0 cm³/mol. The van der Waals surface area contributed by atoms with Crippen LogP contribution in [0.15, 0.2) is 42.5 Å². The fourth-order valence-corrected chi connectivity index (χ4v) is 3.32. The Hall–Kier alpha value is -0.730. The van der Waals surface area contributed by atoms with Crippen LogP contribution in [0.3, 0.4) is 0 Å². The van der Waals surface area contributed by atoms with Crippen LogP contribution in [0.25, 0.3) is 0 Å². The largest absolute Gasteiger partial charge is 0.392 e. The molecule has 0 aromatic heterocycles. The highest BCUT2D eigenvalue weighted by Crippen LogP contribution is 2.19. The second-order valence-corrected chi connectivity index (χ2v) is 6.88. The molecular weight excluding hydrogens is 276 g/mol. The number of aliphatic hydroxyl groups excluding tert-OH is 1. The van der Waals surface area contributed by atoms with Crippen LogP contribution in [0, 0.1) is 0 Å². The van der Waals surface area contributed by atoms with Gasteiger partial charge in [0.15, 0.2) is 0 Å². The van der Waals surface area contributed by atoms with Gasteiger partial charge in [-0.15, -0.1) is 0 Å². The van der Waals surface area contributed by atoms with Gasteiger partial charge in [-0.05, 0) is 43.9 Å². The van der Waals surface area contributed by atoms with Crippen LogP contribution in [-0.2, 0) is 6.42 Å². The summed E-state index contributed by atoms with van der Waals surface area (Å²) in [6.07, 6.45) is 11.4. The number of aryl methyl sites for hydroxylation is 1. The van der Waals surface area contributed by atoms with Crippen molar-refractivity contribution in [2.45, 2.75) is 63.7 Å². The van der Waals surface area contributed by atoms with E-state index in [0.29, 0.717) is 0 Å². The minimum atomic E-state index is -0.269. The molecule has 1 aromatic rings. The quantitative estimate of drug-likeness (QED) is 0.446.